The van der Waals surface area contributed by atoms with Crippen LogP contribution in [0.5, 0.6) is 0 Å². The third kappa shape index (κ3) is 3.61. The average molecular weight is 384 g/mol. The van der Waals surface area contributed by atoms with E-state index in [1.54, 1.807) is 0 Å². The molecule has 1 aromatic carbocycles. The molecule has 0 aliphatic carbocycles. The number of nitrogens with zero attached hydrogens (tertiary/aromatic N) is 1. The van der Waals surface area contributed by atoms with E-state index in [4.69, 9.17) is 11.6 Å². The number of fused-ring (bicyclic) bond motifs is 1. The predicted octanol–water partition coefficient (Wildman–Crippen LogP) is 3.82. The first-order chi connectivity index (χ1) is 11.4. The van der Waals surface area contributed by atoms with Crippen LogP contribution in [-0.4, -0.2) is 21.6 Å². The number of carbonyl (C=O) groups excluding carboxylic acids is 1. The molecule has 24 heavy (non-hydrogen) atoms. The molecule has 0 spiro atoms. The number of nitrogens with one attached hydrogen (secondary N) is 2. The van der Waals surface area contributed by atoms with Crippen LogP contribution in [0.4, 0.5) is 10.1 Å². The standard InChI is InChI=1S/C15H11ClFN3O2S2/c1-7-5-23-14-12(7)13(22)19-15(20-14)24-6-11(21)18-10-3-2-8(16)4-9(10)17/h2-5H,6H2,1H3,(H,18,21)(H,19,20,22). The maximum Gasteiger partial charge on any atom is 0.260 e. The first kappa shape index (κ1) is 16.9. The number of anilines is 1. The molecule has 0 radical (unpaired) electrons. The number of hydrogen-bond acceptors (Lipinski definition) is 5. The maximum atomic E-state index is 13.6. The summed E-state index contributed by atoms with van der Waals surface area (Å²) in [6, 6.07) is 4.00. The Morgan fingerprint density at radius 3 is 3.04 bits per heavy atom. The van der Waals surface area contributed by atoms with Crippen LogP contribution >= 0.6 is 34.7 Å². The van der Waals surface area contributed by atoms with Crippen molar-refractivity contribution in [3.63, 3.8) is 0 Å². The molecule has 2 aromatic heterocycles. The zero-order chi connectivity index (χ0) is 17.3. The molecule has 2 heterocycles. The molecular formula is C15H11ClFN3O2S2. The molecule has 3 rings (SSSR count). The number of aryl methyl sites for hydroxylation is 1. The van der Waals surface area contributed by atoms with E-state index in [1.165, 1.54) is 23.5 Å². The molecule has 3 aromatic rings. The second-order valence-corrected chi connectivity index (χ2v) is 7.19. The second-order valence-electron chi connectivity index (χ2n) is 4.93. The van der Waals surface area contributed by atoms with Gasteiger partial charge < -0.3 is 10.3 Å². The van der Waals surface area contributed by atoms with Gasteiger partial charge in [0.1, 0.15) is 10.6 Å². The van der Waals surface area contributed by atoms with Crippen LogP contribution in [0.3, 0.4) is 0 Å². The number of benzene rings is 1. The number of H-pyrrole nitrogens is 1. The van der Waals surface area contributed by atoms with Crippen molar-refractivity contribution in [2.45, 2.75) is 12.1 Å². The van der Waals surface area contributed by atoms with E-state index < -0.39 is 11.7 Å². The minimum atomic E-state index is -0.608. The lowest BCUT2D eigenvalue weighted by molar-refractivity contribution is -0.113. The monoisotopic (exact) mass is 383 g/mol. The lowest BCUT2D eigenvalue weighted by Crippen LogP contribution is -2.16. The molecule has 0 atom stereocenters. The Morgan fingerprint density at radius 1 is 1.50 bits per heavy atom. The summed E-state index contributed by atoms with van der Waals surface area (Å²) in [6.07, 6.45) is 0. The molecule has 0 unspecified atom stereocenters. The fraction of sp³-hybridized carbons (Fsp3) is 0.133. The fourth-order valence-corrected chi connectivity index (χ4v) is 3.85. The second kappa shape index (κ2) is 6.92. The number of halogens is 2. The summed E-state index contributed by atoms with van der Waals surface area (Å²) in [6.45, 7) is 1.84. The van der Waals surface area contributed by atoms with Crippen molar-refractivity contribution in [2.24, 2.45) is 0 Å². The van der Waals surface area contributed by atoms with Crippen LogP contribution < -0.4 is 10.9 Å². The molecule has 0 aliphatic rings. The zero-order valence-corrected chi connectivity index (χ0v) is 14.7. The highest BCUT2D eigenvalue weighted by atomic mass is 35.5. The highest BCUT2D eigenvalue weighted by Gasteiger charge is 2.12. The number of thiophene rings is 1. The number of aromatic nitrogens is 2. The van der Waals surface area contributed by atoms with E-state index in [0.717, 1.165) is 23.4 Å². The van der Waals surface area contributed by atoms with Crippen molar-refractivity contribution in [1.82, 2.24) is 9.97 Å². The largest absolute Gasteiger partial charge is 0.323 e. The molecule has 1 amide bonds. The molecule has 0 bridgehead atoms. The number of aromatic amines is 1. The Kier molecular flexibility index (Phi) is 4.88. The van der Waals surface area contributed by atoms with Gasteiger partial charge in [-0.2, -0.15) is 0 Å². The summed E-state index contributed by atoms with van der Waals surface area (Å²) < 4.78 is 13.6. The first-order valence-electron chi connectivity index (χ1n) is 6.80. The first-order valence-corrected chi connectivity index (χ1v) is 9.04. The molecule has 9 heteroatoms. The zero-order valence-electron chi connectivity index (χ0n) is 12.4. The number of thioether (sulfide) groups is 1. The van der Waals surface area contributed by atoms with E-state index in [9.17, 15) is 14.0 Å². The van der Waals surface area contributed by atoms with Gasteiger partial charge in [-0.3, -0.25) is 9.59 Å². The van der Waals surface area contributed by atoms with Gasteiger partial charge in [-0.05, 0) is 36.1 Å². The topological polar surface area (TPSA) is 74.8 Å². The minimum Gasteiger partial charge on any atom is -0.323 e. The number of rotatable bonds is 4. The van der Waals surface area contributed by atoms with Crippen molar-refractivity contribution in [1.29, 1.82) is 0 Å². The van der Waals surface area contributed by atoms with E-state index in [1.807, 2.05) is 12.3 Å². The quantitative estimate of drug-likeness (QED) is 0.530. The summed E-state index contributed by atoms with van der Waals surface area (Å²) in [7, 11) is 0. The van der Waals surface area contributed by atoms with Gasteiger partial charge in [0.2, 0.25) is 5.91 Å². The summed E-state index contributed by atoms with van der Waals surface area (Å²) in [4.78, 5) is 31.5. The third-order valence-corrected chi connectivity index (χ3v) is 5.25. The number of carbonyl (C=O) groups is 1. The van der Waals surface area contributed by atoms with Crippen LogP contribution in [-0.2, 0) is 4.79 Å². The Morgan fingerprint density at radius 2 is 2.29 bits per heavy atom. The number of hydrogen-bond donors (Lipinski definition) is 2. The van der Waals surface area contributed by atoms with Gasteiger partial charge in [-0.15, -0.1) is 11.3 Å². The van der Waals surface area contributed by atoms with Crippen molar-refractivity contribution in [3.8, 4) is 0 Å². The molecule has 2 N–H and O–H groups in total. The van der Waals surface area contributed by atoms with Crippen molar-refractivity contribution in [3.05, 3.63) is 50.3 Å². The summed E-state index contributed by atoms with van der Waals surface area (Å²) in [5.74, 6) is -1.03. The molecule has 124 valence electrons. The summed E-state index contributed by atoms with van der Waals surface area (Å²) in [5, 5.41) is 5.48. The van der Waals surface area contributed by atoms with Crippen molar-refractivity contribution >= 4 is 56.5 Å². The van der Waals surface area contributed by atoms with Gasteiger partial charge in [-0.25, -0.2) is 9.37 Å². The van der Waals surface area contributed by atoms with Gasteiger partial charge in [0.25, 0.3) is 5.56 Å². The molecule has 0 saturated carbocycles. The Balaban J connectivity index is 1.69. The van der Waals surface area contributed by atoms with Gasteiger partial charge in [0.05, 0.1) is 16.8 Å². The molecule has 0 saturated heterocycles. The van der Waals surface area contributed by atoms with Gasteiger partial charge in [0, 0.05) is 5.02 Å². The lowest BCUT2D eigenvalue weighted by atomic mass is 10.3. The highest BCUT2D eigenvalue weighted by molar-refractivity contribution is 7.99. The van der Waals surface area contributed by atoms with Crippen LogP contribution in [0.25, 0.3) is 10.2 Å². The van der Waals surface area contributed by atoms with Gasteiger partial charge in [0.15, 0.2) is 5.16 Å². The summed E-state index contributed by atoms with van der Waals surface area (Å²) in [5.41, 5.74) is 0.692. The van der Waals surface area contributed by atoms with E-state index in [2.05, 4.69) is 15.3 Å². The molecular weight excluding hydrogens is 373 g/mol. The SMILES string of the molecule is Cc1csc2nc(SCC(=O)Nc3ccc(Cl)cc3F)[nH]c(=O)c12. The number of amides is 1. The van der Waals surface area contributed by atoms with Gasteiger partial charge >= 0.3 is 0 Å². The Hall–Kier alpha value is -1.90. The van der Waals surface area contributed by atoms with Crippen LogP contribution in [0, 0.1) is 12.7 Å². The lowest BCUT2D eigenvalue weighted by Gasteiger charge is -2.06. The molecule has 0 fully saturated rings. The van der Waals surface area contributed by atoms with Gasteiger partial charge in [-0.1, -0.05) is 23.4 Å². The van der Waals surface area contributed by atoms with E-state index >= 15 is 0 Å². The van der Waals surface area contributed by atoms with E-state index in [0.29, 0.717) is 15.4 Å². The normalized spacial score (nSPS) is 11.0. The van der Waals surface area contributed by atoms with Crippen molar-refractivity contribution < 1.29 is 9.18 Å². The predicted molar refractivity (Wildman–Crippen MR) is 95.7 cm³/mol. The maximum absolute atomic E-state index is 13.6. The van der Waals surface area contributed by atoms with Crippen LogP contribution in [0.15, 0.2) is 33.5 Å². The highest BCUT2D eigenvalue weighted by Crippen LogP contribution is 2.23. The van der Waals surface area contributed by atoms with Crippen molar-refractivity contribution in [2.75, 3.05) is 11.1 Å². The average Bonchev–Trinajstić information content (AvgIpc) is 2.90. The third-order valence-electron chi connectivity index (χ3n) is 3.15. The fourth-order valence-electron chi connectivity index (χ4n) is 2.05. The minimum absolute atomic E-state index is 0.0130. The summed E-state index contributed by atoms with van der Waals surface area (Å²) >= 11 is 8.11. The van der Waals surface area contributed by atoms with Crippen LogP contribution in [0.1, 0.15) is 5.56 Å². The Labute approximate surface area is 149 Å². The molecule has 5 nitrogen and oxygen atoms in total. The van der Waals surface area contributed by atoms with E-state index in [-0.39, 0.29) is 22.0 Å². The van der Waals surface area contributed by atoms with Crippen LogP contribution in [0.2, 0.25) is 5.02 Å². The smallest absolute Gasteiger partial charge is 0.260 e. The Bertz CT molecular complexity index is 986. The molecule has 0 aliphatic heterocycles.